The molecule has 2 aromatic heterocycles. The van der Waals surface area contributed by atoms with Gasteiger partial charge in [0, 0.05) is 52.6 Å². The molecule has 3 heterocycles. The first kappa shape index (κ1) is 22.5. The van der Waals surface area contributed by atoms with Gasteiger partial charge >= 0.3 is 0 Å². The number of amides is 1. The molecule has 0 spiro atoms. The van der Waals surface area contributed by atoms with E-state index in [1.54, 1.807) is 34.1 Å². The molecule has 1 aliphatic heterocycles. The number of rotatable bonds is 6. The predicted octanol–water partition coefficient (Wildman–Crippen LogP) is 4.26. The van der Waals surface area contributed by atoms with Gasteiger partial charge in [-0.15, -0.1) is 34.4 Å². The standard InChI is InChI=1S/C21H23N3O3S4/c1-15-3-8-20(30-15)31(26,27)24-11-9-23(10-12-24)21(25)17-4-6-19(7-5-17)29-14-18-13-28-16(2)22-18/h3-8,13H,9-12,14H2,1-2H3. The van der Waals surface area contributed by atoms with Crippen LogP contribution in [0.3, 0.4) is 0 Å². The van der Waals surface area contributed by atoms with Crippen molar-refractivity contribution in [3.63, 3.8) is 0 Å². The first-order valence-electron chi connectivity index (χ1n) is 9.83. The van der Waals surface area contributed by atoms with E-state index in [9.17, 15) is 13.2 Å². The molecule has 0 bridgehead atoms. The van der Waals surface area contributed by atoms with Crippen molar-refractivity contribution in [2.45, 2.75) is 28.7 Å². The van der Waals surface area contributed by atoms with Crippen LogP contribution >= 0.6 is 34.4 Å². The van der Waals surface area contributed by atoms with Crippen molar-refractivity contribution in [3.05, 3.63) is 62.9 Å². The van der Waals surface area contributed by atoms with Crippen LogP contribution in [-0.2, 0) is 15.8 Å². The first-order chi connectivity index (χ1) is 14.8. The molecule has 1 saturated heterocycles. The summed E-state index contributed by atoms with van der Waals surface area (Å²) in [5.74, 6) is 0.744. The molecule has 3 aromatic rings. The van der Waals surface area contributed by atoms with E-state index < -0.39 is 10.0 Å². The molecule has 1 fully saturated rings. The number of nitrogens with zero attached hydrogens (tertiary/aromatic N) is 3. The minimum absolute atomic E-state index is 0.0595. The van der Waals surface area contributed by atoms with E-state index >= 15 is 0 Å². The van der Waals surface area contributed by atoms with E-state index in [0.717, 1.165) is 26.2 Å². The Labute approximate surface area is 195 Å². The number of thioether (sulfide) groups is 1. The third-order valence-electron chi connectivity index (χ3n) is 4.99. The van der Waals surface area contributed by atoms with E-state index in [2.05, 4.69) is 10.4 Å². The Balaban J connectivity index is 1.33. The number of sulfonamides is 1. The summed E-state index contributed by atoms with van der Waals surface area (Å²) in [5, 5.41) is 3.13. The van der Waals surface area contributed by atoms with Crippen molar-refractivity contribution in [1.82, 2.24) is 14.2 Å². The van der Waals surface area contributed by atoms with Crippen molar-refractivity contribution in [1.29, 1.82) is 0 Å². The molecule has 6 nitrogen and oxygen atoms in total. The Morgan fingerprint density at radius 2 is 1.77 bits per heavy atom. The zero-order chi connectivity index (χ0) is 22.0. The van der Waals surface area contributed by atoms with Gasteiger partial charge in [-0.05, 0) is 50.2 Å². The number of piperazine rings is 1. The van der Waals surface area contributed by atoms with Crippen molar-refractivity contribution < 1.29 is 13.2 Å². The van der Waals surface area contributed by atoms with Crippen LogP contribution in [0, 0.1) is 13.8 Å². The molecule has 164 valence electrons. The molecule has 0 N–H and O–H groups in total. The van der Waals surface area contributed by atoms with Crippen LogP contribution in [0.15, 0.2) is 50.9 Å². The summed E-state index contributed by atoms with van der Waals surface area (Å²) in [5.41, 5.74) is 1.69. The zero-order valence-corrected chi connectivity index (χ0v) is 20.5. The Hall–Kier alpha value is -1.72. The number of aromatic nitrogens is 1. The minimum Gasteiger partial charge on any atom is -0.336 e. The number of thiophene rings is 1. The van der Waals surface area contributed by atoms with Crippen LogP contribution in [0.1, 0.15) is 25.9 Å². The lowest BCUT2D eigenvalue weighted by atomic mass is 10.2. The number of carbonyl (C=O) groups excluding carboxylic acids is 1. The molecule has 4 rings (SSSR count). The molecular formula is C21H23N3O3S4. The Kier molecular flexibility index (Phi) is 6.83. The number of benzene rings is 1. The molecule has 31 heavy (non-hydrogen) atoms. The minimum atomic E-state index is -3.48. The molecule has 1 aromatic carbocycles. The second-order valence-electron chi connectivity index (χ2n) is 7.23. The Morgan fingerprint density at radius 1 is 1.06 bits per heavy atom. The number of carbonyl (C=O) groups is 1. The number of thiazole rings is 1. The largest absolute Gasteiger partial charge is 0.336 e. The molecule has 0 aliphatic carbocycles. The molecule has 1 aliphatic rings. The van der Waals surface area contributed by atoms with E-state index in [-0.39, 0.29) is 5.91 Å². The van der Waals surface area contributed by atoms with E-state index in [4.69, 9.17) is 0 Å². The fraction of sp³-hybridized carbons (Fsp3) is 0.333. The average Bonchev–Trinajstić information content (AvgIpc) is 3.40. The van der Waals surface area contributed by atoms with Gasteiger partial charge in [0.15, 0.2) is 0 Å². The summed E-state index contributed by atoms with van der Waals surface area (Å²) in [4.78, 5) is 21.1. The van der Waals surface area contributed by atoms with Gasteiger partial charge in [-0.3, -0.25) is 4.79 Å². The number of aryl methyl sites for hydroxylation is 2. The monoisotopic (exact) mass is 493 g/mol. The highest BCUT2D eigenvalue weighted by atomic mass is 32.2. The summed E-state index contributed by atoms with van der Waals surface area (Å²) in [6.07, 6.45) is 0. The van der Waals surface area contributed by atoms with Crippen LogP contribution in [0.5, 0.6) is 0 Å². The van der Waals surface area contributed by atoms with Crippen molar-refractivity contribution in [3.8, 4) is 0 Å². The third-order valence-corrected chi connectivity index (χ3v) is 10.2. The van der Waals surface area contributed by atoms with Gasteiger partial charge in [0.05, 0.1) is 10.7 Å². The maximum absolute atomic E-state index is 12.9. The van der Waals surface area contributed by atoms with Gasteiger partial charge in [-0.25, -0.2) is 13.4 Å². The third kappa shape index (κ3) is 5.20. The van der Waals surface area contributed by atoms with E-state index in [1.165, 1.54) is 15.6 Å². The predicted molar refractivity (Wildman–Crippen MR) is 127 cm³/mol. The van der Waals surface area contributed by atoms with Crippen LogP contribution in [-0.4, -0.2) is 54.7 Å². The smallest absolute Gasteiger partial charge is 0.253 e. The van der Waals surface area contributed by atoms with Crippen molar-refractivity contribution >= 4 is 50.4 Å². The number of hydrogen-bond donors (Lipinski definition) is 0. The zero-order valence-electron chi connectivity index (χ0n) is 17.3. The van der Waals surface area contributed by atoms with Gasteiger partial charge in [-0.1, -0.05) is 0 Å². The van der Waals surface area contributed by atoms with Gasteiger partial charge in [0.1, 0.15) is 4.21 Å². The SMILES string of the molecule is Cc1ccc(S(=O)(=O)N2CCN(C(=O)c3ccc(SCc4csc(C)n4)cc3)CC2)s1. The average molecular weight is 494 g/mol. The molecule has 0 radical (unpaired) electrons. The Bertz CT molecular complexity index is 1160. The van der Waals surface area contributed by atoms with Crippen molar-refractivity contribution in [2.75, 3.05) is 26.2 Å². The second kappa shape index (κ2) is 9.41. The molecular weight excluding hydrogens is 471 g/mol. The summed E-state index contributed by atoms with van der Waals surface area (Å²) >= 11 is 4.62. The van der Waals surface area contributed by atoms with Crippen LogP contribution in [0.4, 0.5) is 0 Å². The maximum Gasteiger partial charge on any atom is 0.253 e. The fourth-order valence-electron chi connectivity index (χ4n) is 3.32. The highest BCUT2D eigenvalue weighted by Gasteiger charge is 2.31. The quantitative estimate of drug-likeness (QED) is 0.480. The molecule has 1 amide bonds. The first-order valence-corrected chi connectivity index (χ1v) is 13.9. The van der Waals surface area contributed by atoms with Crippen LogP contribution < -0.4 is 0 Å². The lowest BCUT2D eigenvalue weighted by molar-refractivity contribution is 0.0698. The summed E-state index contributed by atoms with van der Waals surface area (Å²) in [6, 6.07) is 11.1. The maximum atomic E-state index is 12.9. The fourth-order valence-corrected chi connectivity index (χ4v) is 7.69. The van der Waals surface area contributed by atoms with Gasteiger partial charge in [0.2, 0.25) is 0 Å². The molecule has 0 saturated carbocycles. The summed E-state index contributed by atoms with van der Waals surface area (Å²) in [6.45, 7) is 5.30. The lowest BCUT2D eigenvalue weighted by Crippen LogP contribution is -2.50. The topological polar surface area (TPSA) is 70.6 Å². The lowest BCUT2D eigenvalue weighted by Gasteiger charge is -2.33. The molecule has 0 atom stereocenters. The van der Waals surface area contributed by atoms with E-state index in [0.29, 0.717) is 36.0 Å². The highest BCUT2D eigenvalue weighted by Crippen LogP contribution is 2.26. The van der Waals surface area contributed by atoms with Gasteiger partial charge in [0.25, 0.3) is 15.9 Å². The molecule has 0 unspecified atom stereocenters. The molecule has 10 heteroatoms. The highest BCUT2D eigenvalue weighted by molar-refractivity contribution is 7.98. The summed E-state index contributed by atoms with van der Waals surface area (Å²) in [7, 11) is -3.48. The van der Waals surface area contributed by atoms with Crippen LogP contribution in [0.2, 0.25) is 0 Å². The van der Waals surface area contributed by atoms with Crippen LogP contribution in [0.25, 0.3) is 0 Å². The van der Waals surface area contributed by atoms with Gasteiger partial charge in [-0.2, -0.15) is 4.31 Å². The Morgan fingerprint density at radius 3 is 2.35 bits per heavy atom. The summed E-state index contributed by atoms with van der Waals surface area (Å²) < 4.78 is 27.4. The van der Waals surface area contributed by atoms with Gasteiger partial charge < -0.3 is 4.90 Å². The second-order valence-corrected chi connectivity index (χ2v) is 12.8. The normalized spacial score (nSPS) is 15.4. The van der Waals surface area contributed by atoms with Crippen molar-refractivity contribution in [2.24, 2.45) is 0 Å². The number of hydrogen-bond acceptors (Lipinski definition) is 7. The van der Waals surface area contributed by atoms with E-state index in [1.807, 2.05) is 44.2 Å².